The predicted molar refractivity (Wildman–Crippen MR) is 152 cm³/mol. The van der Waals surface area contributed by atoms with Gasteiger partial charge in [-0.25, -0.2) is 9.67 Å². The number of benzene rings is 2. The summed E-state index contributed by atoms with van der Waals surface area (Å²) in [6.07, 6.45) is 6.54. The fourth-order valence-corrected chi connectivity index (χ4v) is 4.90. The summed E-state index contributed by atoms with van der Waals surface area (Å²) >= 11 is 6.72. The van der Waals surface area contributed by atoms with Crippen molar-refractivity contribution < 1.29 is 5.76 Å². The molecule has 0 bridgehead atoms. The van der Waals surface area contributed by atoms with Crippen molar-refractivity contribution in [2.24, 2.45) is 0 Å². The largest absolute Gasteiger partial charge is 0.376 e. The van der Waals surface area contributed by atoms with Crippen molar-refractivity contribution in [3.63, 3.8) is 0 Å². The highest BCUT2D eigenvalue weighted by molar-refractivity contribution is 6.35. The van der Waals surface area contributed by atoms with Crippen LogP contribution in [0.2, 0.25) is 5.02 Å². The Morgan fingerprint density at radius 3 is 2.61 bits per heavy atom. The van der Waals surface area contributed by atoms with Crippen LogP contribution in [0.5, 0.6) is 0 Å². The van der Waals surface area contributed by atoms with Crippen molar-refractivity contribution in [2.45, 2.75) is 37.4 Å². The molecule has 0 unspecified atom stereocenters. The molecule has 202 valence electrons. The third-order valence-corrected chi connectivity index (χ3v) is 7.12. The highest BCUT2D eigenvalue weighted by Crippen LogP contribution is 2.38. The van der Waals surface area contributed by atoms with E-state index >= 15 is 0 Å². The van der Waals surface area contributed by atoms with Crippen molar-refractivity contribution in [3.8, 4) is 12.1 Å². The molecule has 0 spiro atoms. The maximum Gasteiger partial charge on any atom is 0.212 e. The Hall–Kier alpha value is -5.06. The fraction of sp³-hybridized carbons (Fsp3) is 0.200. The third kappa shape index (κ3) is 5.51. The van der Waals surface area contributed by atoms with Crippen LogP contribution < -0.4 is 10.6 Å². The van der Waals surface area contributed by atoms with Crippen molar-refractivity contribution >= 4 is 33.9 Å². The molecule has 2 N–H and O–H groups in total. The van der Waals surface area contributed by atoms with Crippen LogP contribution in [0.4, 0.5) is 15.8 Å². The topological polar surface area (TPSA) is 128 Å². The van der Waals surface area contributed by atoms with Crippen molar-refractivity contribution in [2.75, 3.05) is 10.6 Å². The number of hydrogen-bond donors (Lipinski definition) is 2. The first-order valence-corrected chi connectivity index (χ1v) is 13.3. The van der Waals surface area contributed by atoms with Crippen molar-refractivity contribution in [1.29, 1.82) is 10.5 Å². The monoisotopic (exact) mass is 564 g/mol. The molecule has 3 aromatic heterocycles. The van der Waals surface area contributed by atoms with E-state index in [1.165, 1.54) is 24.5 Å². The molecule has 1 aliphatic rings. The van der Waals surface area contributed by atoms with E-state index in [9.17, 15) is 16.3 Å². The highest BCUT2D eigenvalue weighted by atomic mass is 35.5. The van der Waals surface area contributed by atoms with E-state index in [1.54, 1.807) is 23.0 Å². The number of pyridine rings is 2. The Balaban J connectivity index is 1.46. The average molecular weight is 565 g/mol. The minimum Gasteiger partial charge on any atom is -0.376 e. The molecule has 0 radical (unpaired) electrons. The Bertz CT molecular complexity index is 1850. The second-order valence-electron chi connectivity index (χ2n) is 9.67. The fourth-order valence-electron chi connectivity index (χ4n) is 4.64. The molecule has 11 heteroatoms. The summed E-state index contributed by atoms with van der Waals surface area (Å²) in [7, 11) is 0. The lowest BCUT2D eigenvalue weighted by atomic mass is 10.0. The molecule has 0 amide bonds. The number of anilines is 2. The van der Waals surface area contributed by atoms with E-state index < -0.39 is 18.0 Å². The van der Waals surface area contributed by atoms with Crippen LogP contribution in [-0.2, 0) is 0 Å². The van der Waals surface area contributed by atoms with E-state index in [4.69, 9.17) is 11.6 Å². The number of fused-ring (bicyclic) bond motifs is 1. The SMILES string of the molecule is [2H][C@@](Nc1cc(Cl)c2ncc(C#N)c(N[C@H](CC#N)c3ccccc3)c2c1)(c1ccc(F)nc1)c1cn(C2CC2)nn1. The standard InChI is InChI=1S/C30H23ClFN9/c31-24-13-21(37-29(19-6-9-27(32)35-15-19)26-17-41(40-39-26)22-7-8-22)12-23-28(20(14-34)16-36-30(23)24)38-25(10-11-33)18-4-2-1-3-5-18/h1-6,9,12-13,15-17,22,25,29,37H,7-8,10H2,(H,36,38)/t25-,29-/m1/s1/i29D. The van der Waals surface area contributed by atoms with Gasteiger partial charge in [-0.05, 0) is 42.2 Å². The van der Waals surface area contributed by atoms with E-state index in [-0.39, 0.29) is 23.0 Å². The number of aromatic nitrogens is 5. The molecule has 3 heterocycles. The molecule has 0 aliphatic heterocycles. The molecular formula is C30H23ClFN9. The van der Waals surface area contributed by atoms with Crippen LogP contribution in [0, 0.1) is 28.6 Å². The maximum atomic E-state index is 13.7. The number of nitrogens with one attached hydrogen (secondary N) is 2. The first kappa shape index (κ1) is 24.9. The summed E-state index contributed by atoms with van der Waals surface area (Å²) in [6, 6.07) is 18.0. The Morgan fingerprint density at radius 1 is 1.07 bits per heavy atom. The number of halogens is 2. The van der Waals surface area contributed by atoms with Crippen LogP contribution >= 0.6 is 11.6 Å². The molecule has 5 aromatic rings. The quantitative estimate of drug-likeness (QED) is 0.194. The van der Waals surface area contributed by atoms with Gasteiger partial charge >= 0.3 is 0 Å². The summed E-state index contributed by atoms with van der Waals surface area (Å²) < 4.78 is 25.0. The van der Waals surface area contributed by atoms with Gasteiger partial charge in [0.05, 0.1) is 59.9 Å². The molecule has 6 rings (SSSR count). The lowest BCUT2D eigenvalue weighted by molar-refractivity contribution is 0.581. The molecule has 1 aliphatic carbocycles. The number of nitriles is 2. The minimum atomic E-state index is -1.72. The predicted octanol–water partition coefficient (Wildman–Crippen LogP) is 6.49. The van der Waals surface area contributed by atoms with Gasteiger partial charge < -0.3 is 10.6 Å². The molecule has 41 heavy (non-hydrogen) atoms. The minimum absolute atomic E-state index is 0.147. The summed E-state index contributed by atoms with van der Waals surface area (Å²) in [5.41, 5.74) is 3.08. The lowest BCUT2D eigenvalue weighted by Gasteiger charge is -2.22. The average Bonchev–Trinajstić information content (AvgIpc) is 3.73. The van der Waals surface area contributed by atoms with Crippen molar-refractivity contribution in [3.05, 3.63) is 107 Å². The van der Waals surface area contributed by atoms with Gasteiger partial charge in [0.15, 0.2) is 0 Å². The zero-order valence-corrected chi connectivity index (χ0v) is 22.3. The van der Waals surface area contributed by atoms with Crippen LogP contribution in [0.1, 0.15) is 61.1 Å². The first-order valence-electron chi connectivity index (χ1n) is 13.4. The Labute approximate surface area is 241 Å². The van der Waals surface area contributed by atoms with Crippen LogP contribution in [0.15, 0.2) is 73.2 Å². The Kier molecular flexibility index (Phi) is 6.82. The second-order valence-corrected chi connectivity index (χ2v) is 10.1. The number of nitrogens with zero attached hydrogens (tertiary/aromatic N) is 7. The summed E-state index contributed by atoms with van der Waals surface area (Å²) in [5.74, 6) is -0.673. The van der Waals surface area contributed by atoms with Crippen LogP contribution in [0.3, 0.4) is 0 Å². The van der Waals surface area contributed by atoms with Gasteiger partial charge in [0, 0.05) is 23.5 Å². The van der Waals surface area contributed by atoms with Gasteiger partial charge in [-0.15, -0.1) is 5.10 Å². The van der Waals surface area contributed by atoms with E-state index in [1.807, 2.05) is 30.3 Å². The molecule has 1 fully saturated rings. The Morgan fingerprint density at radius 2 is 1.90 bits per heavy atom. The smallest absolute Gasteiger partial charge is 0.212 e. The zero-order chi connectivity index (χ0) is 29.3. The first-order chi connectivity index (χ1) is 20.4. The van der Waals surface area contributed by atoms with E-state index in [0.717, 1.165) is 18.4 Å². The van der Waals surface area contributed by atoms with Gasteiger partial charge in [0.1, 0.15) is 11.8 Å². The molecule has 0 saturated heterocycles. The second kappa shape index (κ2) is 11.2. The molecular weight excluding hydrogens is 541 g/mol. The van der Waals surface area contributed by atoms with E-state index in [2.05, 4.69) is 43.1 Å². The number of rotatable bonds is 9. The van der Waals surface area contributed by atoms with Gasteiger partial charge in [-0.3, -0.25) is 4.98 Å². The lowest BCUT2D eigenvalue weighted by Crippen LogP contribution is -2.14. The molecule has 2 aromatic carbocycles. The summed E-state index contributed by atoms with van der Waals surface area (Å²) in [5, 5.41) is 35.4. The van der Waals surface area contributed by atoms with E-state index in [0.29, 0.717) is 33.5 Å². The van der Waals surface area contributed by atoms with Crippen LogP contribution in [0.25, 0.3) is 10.9 Å². The van der Waals surface area contributed by atoms with Crippen molar-refractivity contribution in [1.82, 2.24) is 25.0 Å². The number of hydrogen-bond acceptors (Lipinski definition) is 8. The van der Waals surface area contributed by atoms with Gasteiger partial charge in [-0.1, -0.05) is 53.2 Å². The van der Waals surface area contributed by atoms with Gasteiger partial charge in [0.25, 0.3) is 0 Å². The normalized spacial score (nSPS) is 15.3. The highest BCUT2D eigenvalue weighted by Gasteiger charge is 2.27. The molecule has 9 nitrogen and oxygen atoms in total. The molecule has 2 atom stereocenters. The maximum absolute atomic E-state index is 13.7. The van der Waals surface area contributed by atoms with Gasteiger partial charge in [0.2, 0.25) is 5.95 Å². The third-order valence-electron chi connectivity index (χ3n) is 6.83. The summed E-state index contributed by atoms with van der Waals surface area (Å²) in [4.78, 5) is 8.18. The summed E-state index contributed by atoms with van der Waals surface area (Å²) in [6.45, 7) is 0. The van der Waals surface area contributed by atoms with Gasteiger partial charge in [-0.2, -0.15) is 14.9 Å². The molecule has 1 saturated carbocycles. The zero-order valence-electron chi connectivity index (χ0n) is 22.6. The van der Waals surface area contributed by atoms with Crippen LogP contribution in [-0.4, -0.2) is 25.0 Å².